The normalized spacial score (nSPS) is 17.6. The third kappa shape index (κ3) is 2.55. The van der Waals surface area contributed by atoms with Gasteiger partial charge >= 0.3 is 0 Å². The van der Waals surface area contributed by atoms with Gasteiger partial charge in [0, 0.05) is 42.8 Å². The number of likely N-dealkylation sites (tertiary alicyclic amines) is 1. The van der Waals surface area contributed by atoms with E-state index in [4.69, 9.17) is 16.6 Å². The molecule has 1 aromatic carbocycles. The van der Waals surface area contributed by atoms with Crippen molar-refractivity contribution in [3.63, 3.8) is 0 Å². The van der Waals surface area contributed by atoms with Crippen LogP contribution >= 0.6 is 11.6 Å². The van der Waals surface area contributed by atoms with Gasteiger partial charge in [-0.1, -0.05) is 11.6 Å². The molecule has 0 aliphatic carbocycles. The average Bonchev–Trinajstić information content (AvgIpc) is 3.20. The van der Waals surface area contributed by atoms with E-state index in [1.54, 1.807) is 30.5 Å². The van der Waals surface area contributed by atoms with Crippen LogP contribution < -0.4 is 0 Å². The largest absolute Gasteiger partial charge is 0.338 e. The number of carbonyl (C=O) groups is 1. The van der Waals surface area contributed by atoms with Crippen LogP contribution in [0.1, 0.15) is 28.5 Å². The first-order chi connectivity index (χ1) is 11.6. The number of rotatable bonds is 2. The van der Waals surface area contributed by atoms with Crippen LogP contribution in [0.3, 0.4) is 0 Å². The van der Waals surface area contributed by atoms with Crippen LogP contribution in [0.15, 0.2) is 42.7 Å². The Morgan fingerprint density at radius 3 is 2.79 bits per heavy atom. The Kier molecular flexibility index (Phi) is 3.73. The van der Waals surface area contributed by atoms with Crippen molar-refractivity contribution < 1.29 is 4.79 Å². The van der Waals surface area contributed by atoms with Crippen molar-refractivity contribution in [2.24, 2.45) is 7.05 Å². The lowest BCUT2D eigenvalue weighted by Gasteiger charge is -2.16. The Morgan fingerprint density at radius 1 is 1.25 bits per heavy atom. The second-order valence-corrected chi connectivity index (χ2v) is 6.57. The molecule has 2 aromatic heterocycles. The van der Waals surface area contributed by atoms with Crippen LogP contribution in [-0.2, 0) is 7.05 Å². The first kappa shape index (κ1) is 15.1. The van der Waals surface area contributed by atoms with E-state index in [-0.39, 0.29) is 11.8 Å². The van der Waals surface area contributed by atoms with Gasteiger partial charge in [-0.2, -0.15) is 0 Å². The Bertz CT molecular complexity index is 903. The molecule has 1 amide bonds. The number of benzene rings is 1. The van der Waals surface area contributed by atoms with Gasteiger partial charge in [0.25, 0.3) is 5.91 Å². The topological polar surface area (TPSA) is 51.0 Å². The molecule has 1 fully saturated rings. The van der Waals surface area contributed by atoms with E-state index in [0.29, 0.717) is 17.1 Å². The Labute approximate surface area is 144 Å². The lowest BCUT2D eigenvalue weighted by Crippen LogP contribution is -2.28. The van der Waals surface area contributed by atoms with Crippen molar-refractivity contribution in [1.82, 2.24) is 19.4 Å². The van der Waals surface area contributed by atoms with Gasteiger partial charge in [-0.3, -0.25) is 9.78 Å². The SMILES string of the molecule is Cn1c([C@@H]2CCN(C(=O)c3ccc(Cl)cc3)C2)nc2ccncc21. The van der Waals surface area contributed by atoms with Crippen molar-refractivity contribution in [2.75, 3.05) is 13.1 Å². The van der Waals surface area contributed by atoms with Crippen molar-refractivity contribution >= 4 is 28.5 Å². The summed E-state index contributed by atoms with van der Waals surface area (Å²) in [6, 6.07) is 8.98. The molecule has 0 unspecified atom stereocenters. The Hall–Kier alpha value is -2.40. The number of nitrogens with zero attached hydrogens (tertiary/aromatic N) is 4. The molecule has 6 heteroatoms. The molecule has 1 aliphatic heterocycles. The van der Waals surface area contributed by atoms with Gasteiger partial charge in [-0.25, -0.2) is 4.98 Å². The number of pyridine rings is 1. The van der Waals surface area contributed by atoms with Gasteiger partial charge < -0.3 is 9.47 Å². The molecule has 0 spiro atoms. The second-order valence-electron chi connectivity index (χ2n) is 6.14. The van der Waals surface area contributed by atoms with E-state index < -0.39 is 0 Å². The minimum atomic E-state index is 0.0506. The number of aryl methyl sites for hydroxylation is 1. The van der Waals surface area contributed by atoms with Crippen LogP contribution in [0, 0.1) is 0 Å². The monoisotopic (exact) mass is 340 g/mol. The summed E-state index contributed by atoms with van der Waals surface area (Å²) in [4.78, 5) is 23.4. The van der Waals surface area contributed by atoms with E-state index in [0.717, 1.165) is 29.8 Å². The molecule has 0 radical (unpaired) electrons. The number of aromatic nitrogens is 3. The van der Waals surface area contributed by atoms with Gasteiger partial charge in [0.2, 0.25) is 0 Å². The summed E-state index contributed by atoms with van der Waals surface area (Å²) in [6.07, 6.45) is 4.51. The van der Waals surface area contributed by atoms with Crippen LogP contribution in [0.2, 0.25) is 5.02 Å². The zero-order chi connectivity index (χ0) is 16.7. The fourth-order valence-electron chi connectivity index (χ4n) is 3.35. The number of hydrogen-bond acceptors (Lipinski definition) is 3. The van der Waals surface area contributed by atoms with E-state index in [1.165, 1.54) is 0 Å². The highest BCUT2D eigenvalue weighted by Gasteiger charge is 2.30. The number of imidazole rings is 1. The van der Waals surface area contributed by atoms with Crippen molar-refractivity contribution in [2.45, 2.75) is 12.3 Å². The lowest BCUT2D eigenvalue weighted by molar-refractivity contribution is 0.0790. The van der Waals surface area contributed by atoms with Crippen LogP contribution in [0.25, 0.3) is 11.0 Å². The highest BCUT2D eigenvalue weighted by Crippen LogP contribution is 2.29. The van der Waals surface area contributed by atoms with Crippen LogP contribution in [0.5, 0.6) is 0 Å². The van der Waals surface area contributed by atoms with E-state index in [2.05, 4.69) is 9.55 Å². The molecular weight excluding hydrogens is 324 g/mol. The second kappa shape index (κ2) is 5.91. The van der Waals surface area contributed by atoms with E-state index in [9.17, 15) is 4.79 Å². The minimum Gasteiger partial charge on any atom is -0.338 e. The maximum Gasteiger partial charge on any atom is 0.253 e. The smallest absolute Gasteiger partial charge is 0.253 e. The lowest BCUT2D eigenvalue weighted by atomic mass is 10.1. The summed E-state index contributed by atoms with van der Waals surface area (Å²) in [7, 11) is 2.01. The van der Waals surface area contributed by atoms with Gasteiger partial charge in [-0.05, 0) is 36.8 Å². The first-order valence-electron chi connectivity index (χ1n) is 7.94. The average molecular weight is 341 g/mol. The van der Waals surface area contributed by atoms with Crippen molar-refractivity contribution in [1.29, 1.82) is 0 Å². The quantitative estimate of drug-likeness (QED) is 0.719. The van der Waals surface area contributed by atoms with E-state index >= 15 is 0 Å². The molecule has 1 atom stereocenters. The molecule has 5 nitrogen and oxygen atoms in total. The number of amides is 1. The highest BCUT2D eigenvalue weighted by atomic mass is 35.5. The molecule has 24 heavy (non-hydrogen) atoms. The third-order valence-electron chi connectivity index (χ3n) is 4.65. The molecule has 1 aliphatic rings. The number of halogens is 1. The zero-order valence-corrected chi connectivity index (χ0v) is 14.1. The molecular formula is C18H17ClN4O. The summed E-state index contributed by atoms with van der Waals surface area (Å²) in [5.74, 6) is 1.32. The van der Waals surface area contributed by atoms with Crippen molar-refractivity contribution in [3.05, 3.63) is 59.1 Å². The number of hydrogen-bond donors (Lipinski definition) is 0. The maximum absolute atomic E-state index is 12.6. The van der Waals surface area contributed by atoms with Gasteiger partial charge in [-0.15, -0.1) is 0 Å². The molecule has 4 rings (SSSR count). The molecule has 1 saturated heterocycles. The summed E-state index contributed by atoms with van der Waals surface area (Å²) in [6.45, 7) is 1.43. The summed E-state index contributed by atoms with van der Waals surface area (Å²) >= 11 is 5.89. The fourth-order valence-corrected chi connectivity index (χ4v) is 3.48. The fraction of sp³-hybridized carbons (Fsp3) is 0.278. The Balaban J connectivity index is 1.56. The van der Waals surface area contributed by atoms with Gasteiger partial charge in [0.1, 0.15) is 5.82 Å². The van der Waals surface area contributed by atoms with Gasteiger partial charge in [0.15, 0.2) is 0 Å². The minimum absolute atomic E-state index is 0.0506. The van der Waals surface area contributed by atoms with Crippen molar-refractivity contribution in [3.8, 4) is 0 Å². The van der Waals surface area contributed by atoms with E-state index in [1.807, 2.05) is 24.2 Å². The molecule has 0 saturated carbocycles. The maximum atomic E-state index is 12.6. The molecule has 0 bridgehead atoms. The summed E-state index contributed by atoms with van der Waals surface area (Å²) in [5, 5.41) is 0.638. The molecule has 3 aromatic rings. The predicted molar refractivity (Wildman–Crippen MR) is 93.2 cm³/mol. The zero-order valence-electron chi connectivity index (χ0n) is 13.3. The summed E-state index contributed by atoms with van der Waals surface area (Å²) in [5.41, 5.74) is 2.65. The molecule has 0 N–H and O–H groups in total. The predicted octanol–water partition coefficient (Wildman–Crippen LogP) is 3.25. The molecule has 122 valence electrons. The highest BCUT2D eigenvalue weighted by molar-refractivity contribution is 6.30. The standard InChI is InChI=1S/C18H17ClN4O/c1-22-16-10-20-8-6-15(16)21-17(22)13-7-9-23(11-13)18(24)12-2-4-14(19)5-3-12/h2-6,8,10,13H,7,9,11H2,1H3/t13-/m1/s1. The number of carbonyl (C=O) groups excluding carboxylic acids is 1. The first-order valence-corrected chi connectivity index (χ1v) is 8.32. The third-order valence-corrected chi connectivity index (χ3v) is 4.90. The van der Waals surface area contributed by atoms with Crippen LogP contribution in [-0.4, -0.2) is 38.4 Å². The Morgan fingerprint density at radius 2 is 2.04 bits per heavy atom. The molecule has 3 heterocycles. The summed E-state index contributed by atoms with van der Waals surface area (Å²) < 4.78 is 2.09. The van der Waals surface area contributed by atoms with Crippen LogP contribution in [0.4, 0.5) is 0 Å². The van der Waals surface area contributed by atoms with Gasteiger partial charge in [0.05, 0.1) is 17.2 Å². The number of fused-ring (bicyclic) bond motifs is 1.